The fraction of sp³-hybridized carbons (Fsp3) is 0.100. The molecule has 0 aliphatic heterocycles. The molecule has 0 bridgehead atoms. The summed E-state index contributed by atoms with van der Waals surface area (Å²) in [6, 6.07) is 24.0. The van der Waals surface area contributed by atoms with Crippen LogP contribution in [0.1, 0.15) is 23.3 Å². The van der Waals surface area contributed by atoms with Gasteiger partial charge in [-0.05, 0) is 12.1 Å². The van der Waals surface area contributed by atoms with Crippen molar-refractivity contribution in [2.45, 2.75) is 12.6 Å². The number of hydrogen-bond donors (Lipinski definition) is 1. The van der Waals surface area contributed by atoms with Crippen molar-refractivity contribution in [1.82, 2.24) is 10.1 Å². The van der Waals surface area contributed by atoms with Crippen LogP contribution in [0.3, 0.4) is 0 Å². The maximum absolute atomic E-state index is 5.62. The first-order valence-corrected chi connectivity index (χ1v) is 8.20. The molecule has 0 radical (unpaired) electrons. The smallest absolute Gasteiger partial charge is 0.282 e. The SMILES string of the molecule is c1ccc(-c2noc(C[NH2+][C@@H](c3ccccc3)c3ccco3)n2)cc1. The van der Waals surface area contributed by atoms with Crippen LogP contribution in [0.4, 0.5) is 0 Å². The molecule has 0 unspecified atom stereocenters. The Bertz CT molecular complexity index is 903. The first kappa shape index (κ1) is 15.4. The lowest BCUT2D eigenvalue weighted by Crippen LogP contribution is -2.83. The van der Waals surface area contributed by atoms with Crippen LogP contribution < -0.4 is 5.32 Å². The van der Waals surface area contributed by atoms with Gasteiger partial charge in [0.15, 0.2) is 18.3 Å². The predicted molar refractivity (Wildman–Crippen MR) is 92.4 cm³/mol. The Labute approximate surface area is 145 Å². The fourth-order valence-electron chi connectivity index (χ4n) is 2.81. The molecule has 2 heterocycles. The molecular formula is C20H18N3O2+. The highest BCUT2D eigenvalue weighted by molar-refractivity contribution is 5.53. The number of aromatic nitrogens is 2. The molecule has 2 aromatic carbocycles. The molecule has 0 fully saturated rings. The molecule has 25 heavy (non-hydrogen) atoms. The molecule has 1 atom stereocenters. The third kappa shape index (κ3) is 3.51. The van der Waals surface area contributed by atoms with E-state index in [1.54, 1.807) is 6.26 Å². The van der Waals surface area contributed by atoms with Crippen molar-refractivity contribution in [2.24, 2.45) is 0 Å². The van der Waals surface area contributed by atoms with Gasteiger partial charge in [-0.15, -0.1) is 0 Å². The molecule has 0 spiro atoms. The minimum atomic E-state index is 0.0447. The van der Waals surface area contributed by atoms with E-state index in [-0.39, 0.29) is 6.04 Å². The number of quaternary nitrogens is 1. The lowest BCUT2D eigenvalue weighted by atomic mass is 10.0. The maximum Gasteiger partial charge on any atom is 0.282 e. The third-order valence-corrected chi connectivity index (χ3v) is 4.04. The van der Waals surface area contributed by atoms with Crippen LogP contribution in [0.5, 0.6) is 0 Å². The lowest BCUT2D eigenvalue weighted by molar-refractivity contribution is -0.706. The van der Waals surface area contributed by atoms with Crippen molar-refractivity contribution in [1.29, 1.82) is 0 Å². The Morgan fingerprint density at radius 3 is 2.36 bits per heavy atom. The van der Waals surface area contributed by atoms with Crippen LogP contribution in [0.2, 0.25) is 0 Å². The van der Waals surface area contributed by atoms with E-state index in [1.807, 2.05) is 60.7 Å². The van der Waals surface area contributed by atoms with E-state index in [0.717, 1.165) is 11.3 Å². The number of benzene rings is 2. The molecule has 0 saturated heterocycles. The van der Waals surface area contributed by atoms with Crippen LogP contribution in [0.15, 0.2) is 88.0 Å². The molecule has 0 aliphatic rings. The fourth-order valence-corrected chi connectivity index (χ4v) is 2.81. The molecule has 0 aliphatic carbocycles. The van der Waals surface area contributed by atoms with E-state index in [9.17, 15) is 0 Å². The van der Waals surface area contributed by atoms with Crippen LogP contribution in [-0.2, 0) is 6.54 Å². The number of nitrogens with two attached hydrogens (primary N) is 1. The summed E-state index contributed by atoms with van der Waals surface area (Å²) in [6.45, 7) is 0.570. The summed E-state index contributed by atoms with van der Waals surface area (Å²) in [4.78, 5) is 4.49. The molecule has 5 heteroatoms. The highest BCUT2D eigenvalue weighted by Crippen LogP contribution is 2.19. The molecule has 4 rings (SSSR count). The normalized spacial score (nSPS) is 12.2. The largest absolute Gasteiger partial charge is 0.463 e. The van der Waals surface area contributed by atoms with E-state index in [0.29, 0.717) is 18.3 Å². The Morgan fingerprint density at radius 1 is 0.880 bits per heavy atom. The summed E-state index contributed by atoms with van der Waals surface area (Å²) in [7, 11) is 0. The Balaban J connectivity index is 1.51. The molecule has 4 aromatic rings. The van der Waals surface area contributed by atoms with Crippen molar-refractivity contribution in [2.75, 3.05) is 0 Å². The van der Waals surface area contributed by atoms with Crippen molar-refractivity contribution in [3.05, 3.63) is 96.3 Å². The summed E-state index contributed by atoms with van der Waals surface area (Å²) in [5.74, 6) is 2.10. The lowest BCUT2D eigenvalue weighted by Gasteiger charge is -2.12. The summed E-state index contributed by atoms with van der Waals surface area (Å²) < 4.78 is 11.0. The van der Waals surface area contributed by atoms with Crippen LogP contribution in [0.25, 0.3) is 11.4 Å². The van der Waals surface area contributed by atoms with Gasteiger partial charge in [0.2, 0.25) is 5.82 Å². The van der Waals surface area contributed by atoms with Gasteiger partial charge in [0.05, 0.1) is 6.26 Å². The quantitative estimate of drug-likeness (QED) is 0.589. The molecule has 0 amide bonds. The Kier molecular flexibility index (Phi) is 4.39. The summed E-state index contributed by atoms with van der Waals surface area (Å²) >= 11 is 0. The van der Waals surface area contributed by atoms with E-state index in [4.69, 9.17) is 8.94 Å². The maximum atomic E-state index is 5.62. The highest BCUT2D eigenvalue weighted by atomic mass is 16.5. The van der Waals surface area contributed by atoms with Crippen LogP contribution in [-0.4, -0.2) is 10.1 Å². The predicted octanol–water partition coefficient (Wildman–Crippen LogP) is 3.18. The number of hydrogen-bond acceptors (Lipinski definition) is 4. The first-order chi connectivity index (χ1) is 12.4. The minimum absolute atomic E-state index is 0.0447. The first-order valence-electron chi connectivity index (χ1n) is 8.20. The average Bonchev–Trinajstić information content (AvgIpc) is 3.36. The van der Waals surface area contributed by atoms with Gasteiger partial charge in [-0.1, -0.05) is 65.8 Å². The van der Waals surface area contributed by atoms with E-state index >= 15 is 0 Å². The summed E-state index contributed by atoms with van der Waals surface area (Å²) in [6.07, 6.45) is 1.69. The zero-order chi connectivity index (χ0) is 16.9. The standard InChI is InChI=1S/C20H17N3O2/c1-3-8-15(9-4-1)19(17-12-7-13-24-17)21-14-18-22-20(23-25-18)16-10-5-2-6-11-16/h1-13,19,21H,14H2/p+1/t19-/m0/s1. The number of nitrogens with zero attached hydrogens (tertiary/aromatic N) is 2. The summed E-state index contributed by atoms with van der Waals surface area (Å²) in [5, 5.41) is 6.21. The number of rotatable bonds is 6. The van der Waals surface area contributed by atoms with Gasteiger partial charge in [-0.3, -0.25) is 0 Å². The monoisotopic (exact) mass is 332 g/mol. The van der Waals surface area contributed by atoms with Gasteiger partial charge in [-0.25, -0.2) is 0 Å². The van der Waals surface area contributed by atoms with Gasteiger partial charge in [-0.2, -0.15) is 4.98 Å². The van der Waals surface area contributed by atoms with Gasteiger partial charge in [0.1, 0.15) is 0 Å². The molecule has 5 nitrogen and oxygen atoms in total. The Morgan fingerprint density at radius 2 is 1.64 bits per heavy atom. The second kappa shape index (κ2) is 7.15. The van der Waals surface area contributed by atoms with E-state index in [1.165, 1.54) is 5.56 Å². The van der Waals surface area contributed by atoms with E-state index < -0.39 is 0 Å². The second-order valence-corrected chi connectivity index (χ2v) is 5.72. The molecule has 0 saturated carbocycles. The zero-order valence-electron chi connectivity index (χ0n) is 13.6. The third-order valence-electron chi connectivity index (χ3n) is 4.04. The van der Waals surface area contributed by atoms with Crippen LogP contribution >= 0.6 is 0 Å². The molecule has 2 N–H and O–H groups in total. The van der Waals surface area contributed by atoms with Crippen molar-refractivity contribution >= 4 is 0 Å². The minimum Gasteiger partial charge on any atom is -0.463 e. The van der Waals surface area contributed by atoms with Gasteiger partial charge < -0.3 is 14.3 Å². The Hall–Kier alpha value is -3.18. The van der Waals surface area contributed by atoms with Gasteiger partial charge >= 0.3 is 0 Å². The zero-order valence-corrected chi connectivity index (χ0v) is 13.6. The second-order valence-electron chi connectivity index (χ2n) is 5.72. The molecular weight excluding hydrogens is 314 g/mol. The molecule has 2 aromatic heterocycles. The van der Waals surface area contributed by atoms with Crippen molar-refractivity contribution < 1.29 is 14.3 Å². The van der Waals surface area contributed by atoms with Crippen molar-refractivity contribution in [3.63, 3.8) is 0 Å². The average molecular weight is 332 g/mol. The van der Waals surface area contributed by atoms with Crippen molar-refractivity contribution in [3.8, 4) is 11.4 Å². The molecule has 124 valence electrons. The van der Waals surface area contributed by atoms with Gasteiger partial charge in [0, 0.05) is 11.1 Å². The van der Waals surface area contributed by atoms with Crippen LogP contribution in [0, 0.1) is 0 Å². The number of furan rings is 1. The topological polar surface area (TPSA) is 68.7 Å². The van der Waals surface area contributed by atoms with E-state index in [2.05, 4.69) is 27.6 Å². The highest BCUT2D eigenvalue weighted by Gasteiger charge is 2.21. The van der Waals surface area contributed by atoms with Gasteiger partial charge in [0.25, 0.3) is 5.89 Å². The summed E-state index contributed by atoms with van der Waals surface area (Å²) in [5.41, 5.74) is 2.11.